The monoisotopic (exact) mass is 566 g/mol. The Morgan fingerprint density at radius 1 is 1.07 bits per heavy atom. The van der Waals surface area contributed by atoms with Crippen LogP contribution < -0.4 is 16.0 Å². The van der Waals surface area contributed by atoms with Crippen LogP contribution in [-0.2, 0) is 33.4 Å². The molecule has 0 aromatic carbocycles. The van der Waals surface area contributed by atoms with Crippen molar-refractivity contribution in [3.63, 3.8) is 0 Å². The average molecular weight is 567 g/mol. The van der Waals surface area contributed by atoms with E-state index in [1.54, 1.807) is 55.4 Å². The number of Topliss-reactive ketones (excluding diaryl/α,β-unsaturated/α-hetero) is 1. The molecule has 40 heavy (non-hydrogen) atoms. The van der Waals surface area contributed by atoms with Gasteiger partial charge in [-0.3, -0.25) is 19.2 Å². The van der Waals surface area contributed by atoms with Crippen molar-refractivity contribution < 1.29 is 38.2 Å². The number of ether oxygens (including phenoxy) is 3. The number of hydrogen-bond donors (Lipinski definition) is 3. The van der Waals surface area contributed by atoms with E-state index in [1.807, 2.05) is 6.92 Å². The molecule has 2 heterocycles. The van der Waals surface area contributed by atoms with Crippen molar-refractivity contribution >= 4 is 29.6 Å². The molecule has 226 valence electrons. The van der Waals surface area contributed by atoms with E-state index in [-0.39, 0.29) is 19.5 Å². The number of carbonyl (C=O) groups excluding carboxylic acids is 5. The molecule has 12 nitrogen and oxygen atoms in total. The first-order chi connectivity index (χ1) is 18.3. The number of fused-ring (bicyclic) bond motifs is 1. The summed E-state index contributed by atoms with van der Waals surface area (Å²) in [4.78, 5) is 66.9. The maximum Gasteiger partial charge on any atom is 0.408 e. The van der Waals surface area contributed by atoms with E-state index >= 15 is 0 Å². The Morgan fingerprint density at radius 2 is 1.70 bits per heavy atom. The maximum absolute atomic E-state index is 14.0. The van der Waals surface area contributed by atoms with Crippen molar-refractivity contribution in [2.45, 2.75) is 117 Å². The molecule has 3 N–H and O–H groups in total. The molecule has 12 heteroatoms. The zero-order valence-corrected chi connectivity index (χ0v) is 25.2. The lowest BCUT2D eigenvalue weighted by molar-refractivity contribution is -0.171. The Hall–Kier alpha value is -2.99. The standard InChI is InChI=1S/C28H46N4O8/c1-11-13-16(19(33)23(35)29-14-12-2)30-22(34)18-20-17(38-28(9,10)39-20)15-32(18)24(36)21(26(3,4)5)31-25(37)40-27(6,7)8/h12,16-18,20-21H,2,11,13-15H2,1,3-10H3,(H,29,35)(H,30,34)(H,31,37)/t16-,17-,18-,20-,21+/m0/s1. The zero-order chi connectivity index (χ0) is 30.6. The third-order valence-electron chi connectivity index (χ3n) is 6.41. The smallest absolute Gasteiger partial charge is 0.408 e. The van der Waals surface area contributed by atoms with Crippen LogP contribution in [0.1, 0.15) is 75.2 Å². The summed E-state index contributed by atoms with van der Waals surface area (Å²) in [5, 5.41) is 7.77. The number of rotatable bonds is 10. The summed E-state index contributed by atoms with van der Waals surface area (Å²) in [5.74, 6) is -3.82. The molecule has 2 fully saturated rings. The summed E-state index contributed by atoms with van der Waals surface area (Å²) in [6.45, 7) is 19.4. The lowest BCUT2D eigenvalue weighted by Crippen LogP contribution is -2.61. The summed E-state index contributed by atoms with van der Waals surface area (Å²) in [6.07, 6.45) is -0.0376. The van der Waals surface area contributed by atoms with Gasteiger partial charge in [0.15, 0.2) is 5.79 Å². The molecule has 0 radical (unpaired) electrons. The predicted molar refractivity (Wildman–Crippen MR) is 147 cm³/mol. The van der Waals surface area contributed by atoms with Crippen LogP contribution in [0.4, 0.5) is 4.79 Å². The maximum atomic E-state index is 14.0. The van der Waals surface area contributed by atoms with Gasteiger partial charge in [0.25, 0.3) is 5.91 Å². The van der Waals surface area contributed by atoms with Gasteiger partial charge in [0, 0.05) is 6.54 Å². The molecular weight excluding hydrogens is 520 g/mol. The van der Waals surface area contributed by atoms with Crippen LogP contribution in [0.15, 0.2) is 12.7 Å². The number of ketones is 1. The summed E-state index contributed by atoms with van der Waals surface area (Å²) in [6, 6.07) is -3.33. The Labute approximate surface area is 236 Å². The van der Waals surface area contributed by atoms with E-state index in [0.29, 0.717) is 6.42 Å². The van der Waals surface area contributed by atoms with Gasteiger partial charge < -0.3 is 35.1 Å². The first kappa shape index (κ1) is 33.2. The molecule has 0 saturated carbocycles. The number of alkyl carbamates (subject to hydrolysis) is 1. The van der Waals surface area contributed by atoms with Gasteiger partial charge in [-0.1, -0.05) is 40.2 Å². The van der Waals surface area contributed by atoms with Crippen LogP contribution in [0.25, 0.3) is 0 Å². The van der Waals surface area contributed by atoms with Gasteiger partial charge in [0.1, 0.15) is 29.9 Å². The fraction of sp³-hybridized carbons (Fsp3) is 0.750. The molecule has 2 rings (SSSR count). The summed E-state index contributed by atoms with van der Waals surface area (Å²) >= 11 is 0. The van der Waals surface area contributed by atoms with Gasteiger partial charge in [-0.15, -0.1) is 6.58 Å². The lowest BCUT2D eigenvalue weighted by atomic mass is 9.85. The highest BCUT2D eigenvalue weighted by Crippen LogP contribution is 2.38. The van der Waals surface area contributed by atoms with Crippen molar-refractivity contribution in [1.29, 1.82) is 0 Å². The van der Waals surface area contributed by atoms with Gasteiger partial charge in [0.2, 0.25) is 17.6 Å². The number of nitrogens with one attached hydrogen (secondary N) is 3. The number of carbonyl (C=O) groups is 5. The molecule has 0 bridgehead atoms. The van der Waals surface area contributed by atoms with Crippen LogP contribution in [0, 0.1) is 5.41 Å². The van der Waals surface area contributed by atoms with E-state index in [1.165, 1.54) is 11.0 Å². The minimum Gasteiger partial charge on any atom is -0.444 e. The fourth-order valence-electron chi connectivity index (χ4n) is 4.74. The van der Waals surface area contributed by atoms with Crippen molar-refractivity contribution in [1.82, 2.24) is 20.9 Å². The highest BCUT2D eigenvalue weighted by molar-refractivity contribution is 6.38. The minimum atomic E-state index is -1.17. The van der Waals surface area contributed by atoms with Crippen LogP contribution in [-0.4, -0.2) is 89.3 Å². The van der Waals surface area contributed by atoms with E-state index in [0.717, 1.165) is 0 Å². The van der Waals surface area contributed by atoms with Gasteiger partial charge in [-0.2, -0.15) is 0 Å². The molecule has 2 aliphatic rings. The molecule has 4 amide bonds. The van der Waals surface area contributed by atoms with Crippen molar-refractivity contribution in [2.24, 2.45) is 5.41 Å². The van der Waals surface area contributed by atoms with E-state index in [9.17, 15) is 24.0 Å². The molecule has 0 aromatic rings. The van der Waals surface area contributed by atoms with Gasteiger partial charge in [-0.25, -0.2) is 4.79 Å². The van der Waals surface area contributed by atoms with E-state index in [2.05, 4.69) is 22.5 Å². The average Bonchev–Trinajstić information content (AvgIpc) is 3.29. The van der Waals surface area contributed by atoms with E-state index < -0.39 is 76.7 Å². The summed E-state index contributed by atoms with van der Waals surface area (Å²) < 4.78 is 17.4. The van der Waals surface area contributed by atoms with Crippen LogP contribution >= 0.6 is 0 Å². The molecule has 2 aliphatic heterocycles. The number of likely N-dealkylation sites (tertiary alicyclic amines) is 1. The van der Waals surface area contributed by atoms with Gasteiger partial charge >= 0.3 is 6.09 Å². The largest absolute Gasteiger partial charge is 0.444 e. The summed E-state index contributed by atoms with van der Waals surface area (Å²) in [5.41, 5.74) is -1.54. The van der Waals surface area contributed by atoms with Crippen LogP contribution in [0.2, 0.25) is 0 Å². The fourth-order valence-corrected chi connectivity index (χ4v) is 4.74. The zero-order valence-electron chi connectivity index (χ0n) is 25.2. The van der Waals surface area contributed by atoms with E-state index in [4.69, 9.17) is 14.2 Å². The first-order valence-corrected chi connectivity index (χ1v) is 13.7. The quantitative estimate of drug-likeness (QED) is 0.267. The molecule has 0 unspecified atom stereocenters. The Bertz CT molecular complexity index is 997. The predicted octanol–water partition coefficient (Wildman–Crippen LogP) is 1.81. The second kappa shape index (κ2) is 12.7. The SMILES string of the molecule is C=CCNC(=O)C(=O)[C@H](CCC)NC(=O)[C@@H]1[C@H]2OC(C)(C)O[C@H]2CN1C(=O)[C@@H](NC(=O)OC(C)(C)C)C(C)(C)C. The van der Waals surface area contributed by atoms with Gasteiger partial charge in [0.05, 0.1) is 12.6 Å². The van der Waals surface area contributed by atoms with Gasteiger partial charge in [-0.05, 0) is 46.5 Å². The van der Waals surface area contributed by atoms with Crippen molar-refractivity contribution in [2.75, 3.05) is 13.1 Å². The van der Waals surface area contributed by atoms with Crippen LogP contribution in [0.5, 0.6) is 0 Å². The molecular formula is C28H46N4O8. The second-order valence-electron chi connectivity index (χ2n) is 12.7. The highest BCUT2D eigenvalue weighted by Gasteiger charge is 2.58. The third kappa shape index (κ3) is 8.50. The molecule has 5 atom stereocenters. The molecule has 2 saturated heterocycles. The normalized spacial score (nSPS) is 23.4. The van der Waals surface area contributed by atoms with Crippen molar-refractivity contribution in [3.8, 4) is 0 Å². The topological polar surface area (TPSA) is 152 Å². The molecule has 0 aliphatic carbocycles. The first-order valence-electron chi connectivity index (χ1n) is 13.7. The van der Waals surface area contributed by atoms with Crippen LogP contribution in [0.3, 0.4) is 0 Å². The Morgan fingerprint density at radius 3 is 2.23 bits per heavy atom. The lowest BCUT2D eigenvalue weighted by Gasteiger charge is -2.37. The third-order valence-corrected chi connectivity index (χ3v) is 6.41. The molecule has 0 spiro atoms. The Balaban J connectivity index is 2.38. The Kier molecular flexibility index (Phi) is 10.5. The highest BCUT2D eigenvalue weighted by atomic mass is 16.8. The number of hydrogen-bond acceptors (Lipinski definition) is 8. The van der Waals surface area contributed by atoms with Crippen molar-refractivity contribution in [3.05, 3.63) is 12.7 Å². The second-order valence-corrected chi connectivity index (χ2v) is 12.7. The summed E-state index contributed by atoms with van der Waals surface area (Å²) in [7, 11) is 0. The molecule has 0 aromatic heterocycles. The minimum absolute atomic E-state index is 0.0276. The number of nitrogens with zero attached hydrogens (tertiary/aromatic N) is 1. The number of amides is 4.